The molecule has 0 aliphatic carbocycles. The molecule has 3 nitrogen and oxygen atoms in total. The zero-order valence-electron chi connectivity index (χ0n) is 8.88. The van der Waals surface area contributed by atoms with Crippen molar-refractivity contribution in [3.63, 3.8) is 0 Å². The topological polar surface area (TPSA) is 47.0 Å². The van der Waals surface area contributed by atoms with Crippen molar-refractivity contribution in [2.24, 2.45) is 0 Å². The van der Waals surface area contributed by atoms with Crippen molar-refractivity contribution in [1.82, 2.24) is 4.98 Å². The lowest BCUT2D eigenvalue weighted by Crippen LogP contribution is -2.06. The molecule has 0 saturated carbocycles. The van der Waals surface area contributed by atoms with Crippen LogP contribution in [-0.2, 0) is 15.6 Å². The third-order valence-electron chi connectivity index (χ3n) is 2.20. The second-order valence-corrected chi connectivity index (χ2v) is 5.93. The quantitative estimate of drug-likeness (QED) is 0.859. The molecular weight excluding hydrogens is 258 g/mol. The van der Waals surface area contributed by atoms with Crippen molar-refractivity contribution in [3.05, 3.63) is 59.2 Å². The zero-order valence-corrected chi connectivity index (χ0v) is 10.4. The van der Waals surface area contributed by atoms with E-state index < -0.39 is 9.84 Å². The SMILES string of the molecule is O=S(=O)(Cc1cccc(Cl)c1)c1ccccn1. The Morgan fingerprint density at radius 2 is 1.94 bits per heavy atom. The van der Waals surface area contributed by atoms with Crippen LogP contribution in [-0.4, -0.2) is 13.4 Å². The first-order valence-electron chi connectivity index (χ1n) is 4.96. The van der Waals surface area contributed by atoms with Crippen LogP contribution in [0.5, 0.6) is 0 Å². The molecule has 0 amide bonds. The van der Waals surface area contributed by atoms with Crippen LogP contribution in [0.4, 0.5) is 0 Å². The monoisotopic (exact) mass is 267 g/mol. The molecule has 0 saturated heterocycles. The minimum absolute atomic E-state index is 0.0833. The molecule has 0 aliphatic heterocycles. The van der Waals surface area contributed by atoms with Gasteiger partial charge in [0.05, 0.1) is 5.75 Å². The van der Waals surface area contributed by atoms with E-state index in [9.17, 15) is 8.42 Å². The van der Waals surface area contributed by atoms with Gasteiger partial charge in [-0.15, -0.1) is 0 Å². The molecule has 2 aromatic rings. The van der Waals surface area contributed by atoms with Gasteiger partial charge in [0.25, 0.3) is 0 Å². The molecule has 2 rings (SSSR count). The van der Waals surface area contributed by atoms with Crippen LogP contribution >= 0.6 is 11.6 Å². The summed E-state index contributed by atoms with van der Waals surface area (Å²) < 4.78 is 24.0. The maximum absolute atomic E-state index is 12.0. The average Bonchev–Trinajstić information content (AvgIpc) is 2.29. The Morgan fingerprint density at radius 3 is 2.59 bits per heavy atom. The van der Waals surface area contributed by atoms with Gasteiger partial charge in [0.1, 0.15) is 0 Å². The van der Waals surface area contributed by atoms with E-state index in [1.54, 1.807) is 36.4 Å². The van der Waals surface area contributed by atoms with E-state index >= 15 is 0 Å². The third kappa shape index (κ3) is 3.05. The van der Waals surface area contributed by atoms with Gasteiger partial charge in [-0.1, -0.05) is 29.8 Å². The molecule has 1 aromatic heterocycles. The minimum atomic E-state index is -3.40. The van der Waals surface area contributed by atoms with Gasteiger partial charge in [-0.05, 0) is 29.8 Å². The number of rotatable bonds is 3. The summed E-state index contributed by atoms with van der Waals surface area (Å²) in [5.74, 6) is -0.0927. The number of hydrogen-bond acceptors (Lipinski definition) is 3. The Kier molecular flexibility index (Phi) is 3.45. The summed E-state index contributed by atoms with van der Waals surface area (Å²) in [5, 5.41) is 0.610. The van der Waals surface area contributed by atoms with Crippen molar-refractivity contribution in [1.29, 1.82) is 0 Å². The lowest BCUT2D eigenvalue weighted by molar-refractivity contribution is 0.591. The number of halogens is 1. The summed E-state index contributed by atoms with van der Waals surface area (Å²) >= 11 is 5.81. The first-order valence-corrected chi connectivity index (χ1v) is 6.99. The molecule has 0 fully saturated rings. The predicted octanol–water partition coefficient (Wildman–Crippen LogP) is 2.71. The van der Waals surface area contributed by atoms with Crippen molar-refractivity contribution in [2.45, 2.75) is 10.8 Å². The summed E-state index contributed by atoms with van der Waals surface area (Å²) in [5.41, 5.74) is 0.656. The lowest BCUT2D eigenvalue weighted by atomic mass is 10.2. The van der Waals surface area contributed by atoms with Crippen LogP contribution in [0.15, 0.2) is 53.7 Å². The van der Waals surface area contributed by atoms with E-state index in [-0.39, 0.29) is 10.8 Å². The Hall–Kier alpha value is -1.39. The molecule has 1 heterocycles. The van der Waals surface area contributed by atoms with E-state index in [4.69, 9.17) is 11.6 Å². The predicted molar refractivity (Wildman–Crippen MR) is 66.6 cm³/mol. The van der Waals surface area contributed by atoms with Gasteiger partial charge in [0.15, 0.2) is 14.9 Å². The Balaban J connectivity index is 2.30. The van der Waals surface area contributed by atoms with Crippen LogP contribution in [0.1, 0.15) is 5.56 Å². The molecule has 0 bridgehead atoms. The normalized spacial score (nSPS) is 11.4. The average molecular weight is 268 g/mol. The Bertz CT molecular complexity index is 611. The fraction of sp³-hybridized carbons (Fsp3) is 0.0833. The highest BCUT2D eigenvalue weighted by molar-refractivity contribution is 7.90. The summed E-state index contributed by atoms with van der Waals surface area (Å²) in [6.07, 6.45) is 1.46. The van der Waals surface area contributed by atoms with Gasteiger partial charge >= 0.3 is 0 Å². The van der Waals surface area contributed by atoms with Crippen LogP contribution in [0, 0.1) is 0 Å². The molecular formula is C12H10ClNO2S. The van der Waals surface area contributed by atoms with Gasteiger partial charge in [-0.2, -0.15) is 0 Å². The molecule has 1 aromatic carbocycles. The lowest BCUT2D eigenvalue weighted by Gasteiger charge is -2.03. The number of nitrogens with zero attached hydrogens (tertiary/aromatic N) is 1. The second-order valence-electron chi connectivity index (χ2n) is 3.56. The molecule has 0 N–H and O–H groups in total. The largest absolute Gasteiger partial charge is 0.245 e. The number of benzene rings is 1. The number of aromatic nitrogens is 1. The van der Waals surface area contributed by atoms with Crippen LogP contribution < -0.4 is 0 Å². The fourth-order valence-electron chi connectivity index (χ4n) is 1.45. The highest BCUT2D eigenvalue weighted by atomic mass is 35.5. The van der Waals surface area contributed by atoms with Gasteiger partial charge < -0.3 is 0 Å². The van der Waals surface area contributed by atoms with Crippen molar-refractivity contribution < 1.29 is 8.42 Å². The summed E-state index contributed by atoms with van der Waals surface area (Å²) in [6.45, 7) is 0. The van der Waals surface area contributed by atoms with Crippen molar-refractivity contribution in [3.8, 4) is 0 Å². The van der Waals surface area contributed by atoms with E-state index in [1.165, 1.54) is 12.3 Å². The third-order valence-corrected chi connectivity index (χ3v) is 4.03. The Morgan fingerprint density at radius 1 is 1.12 bits per heavy atom. The van der Waals surface area contributed by atoms with Crippen molar-refractivity contribution in [2.75, 3.05) is 0 Å². The second kappa shape index (κ2) is 4.85. The van der Waals surface area contributed by atoms with Crippen LogP contribution in [0.3, 0.4) is 0 Å². The first kappa shape index (κ1) is 12.1. The molecule has 17 heavy (non-hydrogen) atoms. The summed E-state index contributed by atoms with van der Waals surface area (Å²) in [6, 6.07) is 11.6. The highest BCUT2D eigenvalue weighted by Gasteiger charge is 2.16. The molecule has 0 aliphatic rings. The molecule has 0 spiro atoms. The standard InChI is InChI=1S/C12H10ClNO2S/c13-11-5-3-4-10(8-11)9-17(15,16)12-6-1-2-7-14-12/h1-8H,9H2. The number of sulfone groups is 1. The molecule has 5 heteroatoms. The van der Waals surface area contributed by atoms with Gasteiger partial charge in [0.2, 0.25) is 0 Å². The highest BCUT2D eigenvalue weighted by Crippen LogP contribution is 2.17. The van der Waals surface area contributed by atoms with Gasteiger partial charge in [0, 0.05) is 11.2 Å². The van der Waals surface area contributed by atoms with E-state index in [0.717, 1.165) is 0 Å². The maximum atomic E-state index is 12.0. The zero-order chi connectivity index (χ0) is 12.3. The molecule has 88 valence electrons. The van der Waals surface area contributed by atoms with E-state index in [1.807, 2.05) is 0 Å². The number of hydrogen-bond donors (Lipinski definition) is 0. The Labute approximate surface area is 105 Å². The van der Waals surface area contributed by atoms with Crippen LogP contribution in [0.2, 0.25) is 5.02 Å². The maximum Gasteiger partial charge on any atom is 0.199 e. The van der Waals surface area contributed by atoms with Crippen LogP contribution in [0.25, 0.3) is 0 Å². The van der Waals surface area contributed by atoms with E-state index in [0.29, 0.717) is 10.6 Å². The van der Waals surface area contributed by atoms with Gasteiger partial charge in [-0.25, -0.2) is 13.4 Å². The summed E-state index contributed by atoms with van der Waals surface area (Å²) in [4.78, 5) is 3.85. The number of pyridine rings is 1. The van der Waals surface area contributed by atoms with Gasteiger partial charge in [-0.3, -0.25) is 0 Å². The molecule has 0 radical (unpaired) electrons. The summed E-state index contributed by atoms with van der Waals surface area (Å²) in [7, 11) is -3.40. The van der Waals surface area contributed by atoms with Crippen molar-refractivity contribution >= 4 is 21.4 Å². The fourth-order valence-corrected chi connectivity index (χ4v) is 2.94. The smallest absolute Gasteiger partial charge is 0.199 e. The van der Waals surface area contributed by atoms with E-state index in [2.05, 4.69) is 4.98 Å². The minimum Gasteiger partial charge on any atom is -0.245 e. The molecule has 0 atom stereocenters. The molecule has 0 unspecified atom stereocenters. The first-order chi connectivity index (χ1) is 8.08.